The number of nitrogens with zero attached hydrogens (tertiary/aromatic N) is 1. The van der Waals surface area contributed by atoms with Gasteiger partial charge in [-0.3, -0.25) is 3.97 Å². The fourth-order valence-corrected chi connectivity index (χ4v) is 1.55. The van der Waals surface area contributed by atoms with Gasteiger partial charge in [0.05, 0.1) is 5.52 Å². The zero-order valence-corrected chi connectivity index (χ0v) is 7.18. The predicted octanol–water partition coefficient (Wildman–Crippen LogP) is 2.64. The van der Waals surface area contributed by atoms with Crippen LogP contribution < -0.4 is 0 Å². The first-order valence-electron chi connectivity index (χ1n) is 3.55. The Kier molecular flexibility index (Phi) is 1.43. The minimum Gasteiger partial charge on any atom is -0.294 e. The fraction of sp³-hybridized carbons (Fsp3) is 0.111. The lowest BCUT2D eigenvalue weighted by Gasteiger charge is -1.96. The molecule has 0 saturated carbocycles. The lowest BCUT2D eigenvalue weighted by atomic mass is 10.1. The summed E-state index contributed by atoms with van der Waals surface area (Å²) in [5.74, 6) is 0. The Balaban J connectivity index is 2.94. The Hall–Kier alpha value is -0.890. The van der Waals surface area contributed by atoms with Gasteiger partial charge >= 0.3 is 0 Å². The maximum Gasteiger partial charge on any atom is 0.0591 e. The van der Waals surface area contributed by atoms with E-state index >= 15 is 0 Å². The van der Waals surface area contributed by atoms with E-state index in [4.69, 9.17) is 0 Å². The highest BCUT2D eigenvalue weighted by atomic mass is 32.1. The van der Waals surface area contributed by atoms with Crippen LogP contribution in [0.25, 0.3) is 10.9 Å². The van der Waals surface area contributed by atoms with E-state index in [0.717, 1.165) is 0 Å². The third kappa shape index (κ3) is 0.942. The highest BCUT2D eigenvalue weighted by Gasteiger charge is 1.98. The molecule has 0 aliphatic heterocycles. The standard InChI is InChI=1S/C9H9NS/c1-7-3-2-4-9-8(7)5-6-10(9)11/h2-6,11H,1H3. The normalized spacial score (nSPS) is 10.7. The quantitative estimate of drug-likeness (QED) is 0.570. The number of hydrogen-bond acceptors (Lipinski definition) is 1. The maximum absolute atomic E-state index is 4.27. The van der Waals surface area contributed by atoms with Crippen molar-refractivity contribution in [1.29, 1.82) is 0 Å². The molecule has 1 nitrogen and oxygen atoms in total. The van der Waals surface area contributed by atoms with E-state index in [0.29, 0.717) is 0 Å². The molecule has 0 fully saturated rings. The summed E-state index contributed by atoms with van der Waals surface area (Å²) in [6.07, 6.45) is 1.96. The minimum absolute atomic E-state index is 1.17. The van der Waals surface area contributed by atoms with E-state index < -0.39 is 0 Å². The van der Waals surface area contributed by atoms with E-state index in [1.165, 1.54) is 16.5 Å². The maximum atomic E-state index is 4.27. The Morgan fingerprint density at radius 2 is 2.09 bits per heavy atom. The second-order valence-electron chi connectivity index (χ2n) is 2.67. The fourth-order valence-electron chi connectivity index (χ4n) is 1.31. The summed E-state index contributed by atoms with van der Waals surface area (Å²) in [6.45, 7) is 2.11. The largest absolute Gasteiger partial charge is 0.294 e. The number of hydrogen-bond donors (Lipinski definition) is 1. The van der Waals surface area contributed by atoms with E-state index in [1.807, 2.05) is 16.2 Å². The van der Waals surface area contributed by atoms with Gasteiger partial charge in [-0.15, -0.1) is 0 Å². The van der Waals surface area contributed by atoms with Gasteiger partial charge in [0.2, 0.25) is 0 Å². The van der Waals surface area contributed by atoms with Gasteiger partial charge in [0, 0.05) is 11.6 Å². The summed E-state index contributed by atoms with van der Waals surface area (Å²) in [5, 5.41) is 1.28. The molecule has 0 spiro atoms. The first-order valence-corrected chi connectivity index (χ1v) is 3.95. The summed E-state index contributed by atoms with van der Waals surface area (Å²) in [6, 6.07) is 8.30. The molecule has 0 aliphatic carbocycles. The topological polar surface area (TPSA) is 4.93 Å². The number of aryl methyl sites for hydroxylation is 1. The molecular formula is C9H9NS. The SMILES string of the molecule is Cc1cccc2c1ccn2S. The van der Waals surface area contributed by atoms with Gasteiger partial charge in [-0.1, -0.05) is 24.9 Å². The molecule has 1 aromatic heterocycles. The van der Waals surface area contributed by atoms with E-state index in [1.54, 1.807) is 0 Å². The molecule has 0 unspecified atom stereocenters. The summed E-state index contributed by atoms with van der Waals surface area (Å²) in [7, 11) is 0. The molecular weight excluding hydrogens is 154 g/mol. The van der Waals surface area contributed by atoms with E-state index in [2.05, 4.69) is 37.9 Å². The molecule has 0 saturated heterocycles. The lowest BCUT2D eigenvalue weighted by molar-refractivity contribution is 1.37. The Labute approximate surface area is 71.2 Å². The zero-order valence-electron chi connectivity index (χ0n) is 6.28. The van der Waals surface area contributed by atoms with Crippen molar-refractivity contribution in [3.63, 3.8) is 0 Å². The van der Waals surface area contributed by atoms with Gasteiger partial charge < -0.3 is 0 Å². The number of aromatic nitrogens is 1. The van der Waals surface area contributed by atoms with E-state index in [-0.39, 0.29) is 0 Å². The average molecular weight is 163 g/mol. The van der Waals surface area contributed by atoms with Crippen molar-refractivity contribution in [3.8, 4) is 0 Å². The number of thiol groups is 1. The second-order valence-corrected chi connectivity index (χ2v) is 3.10. The monoisotopic (exact) mass is 163 g/mol. The molecule has 1 aromatic carbocycles. The van der Waals surface area contributed by atoms with Crippen molar-refractivity contribution in [2.24, 2.45) is 0 Å². The second kappa shape index (κ2) is 2.31. The molecule has 0 aliphatic rings. The number of rotatable bonds is 0. The first kappa shape index (κ1) is 6.80. The predicted molar refractivity (Wildman–Crippen MR) is 51.1 cm³/mol. The molecule has 11 heavy (non-hydrogen) atoms. The van der Waals surface area contributed by atoms with Crippen LogP contribution in [-0.2, 0) is 0 Å². The molecule has 0 bridgehead atoms. The van der Waals surface area contributed by atoms with Gasteiger partial charge in [0.1, 0.15) is 0 Å². The molecule has 2 heteroatoms. The average Bonchev–Trinajstić information content (AvgIpc) is 2.35. The Bertz CT molecular complexity index is 389. The van der Waals surface area contributed by atoms with Crippen LogP contribution in [0.3, 0.4) is 0 Å². The Morgan fingerprint density at radius 1 is 1.27 bits per heavy atom. The lowest BCUT2D eigenvalue weighted by Crippen LogP contribution is -1.77. The van der Waals surface area contributed by atoms with Gasteiger partial charge in [0.15, 0.2) is 0 Å². The minimum atomic E-state index is 1.17. The summed E-state index contributed by atoms with van der Waals surface area (Å²) < 4.78 is 1.84. The van der Waals surface area contributed by atoms with Crippen molar-refractivity contribution >= 4 is 23.7 Å². The van der Waals surface area contributed by atoms with Crippen LogP contribution in [0.5, 0.6) is 0 Å². The van der Waals surface area contributed by atoms with Crippen molar-refractivity contribution in [3.05, 3.63) is 36.0 Å². The Morgan fingerprint density at radius 3 is 2.82 bits per heavy atom. The molecule has 0 amide bonds. The number of benzene rings is 1. The van der Waals surface area contributed by atoms with Crippen LogP contribution >= 0.6 is 12.8 Å². The van der Waals surface area contributed by atoms with Gasteiger partial charge in [0.25, 0.3) is 0 Å². The van der Waals surface area contributed by atoms with Gasteiger partial charge in [-0.2, -0.15) is 0 Å². The number of fused-ring (bicyclic) bond motifs is 1. The van der Waals surface area contributed by atoms with E-state index in [9.17, 15) is 0 Å². The highest BCUT2D eigenvalue weighted by Crippen LogP contribution is 2.19. The smallest absolute Gasteiger partial charge is 0.0591 e. The van der Waals surface area contributed by atoms with Crippen molar-refractivity contribution in [2.75, 3.05) is 0 Å². The van der Waals surface area contributed by atoms with Crippen LogP contribution in [0.15, 0.2) is 30.5 Å². The molecule has 56 valence electrons. The van der Waals surface area contributed by atoms with Crippen molar-refractivity contribution < 1.29 is 0 Å². The molecule has 2 aromatic rings. The van der Waals surface area contributed by atoms with Crippen LogP contribution in [0.4, 0.5) is 0 Å². The van der Waals surface area contributed by atoms with Crippen LogP contribution in [0.2, 0.25) is 0 Å². The summed E-state index contributed by atoms with van der Waals surface area (Å²) >= 11 is 4.27. The third-order valence-electron chi connectivity index (χ3n) is 1.93. The summed E-state index contributed by atoms with van der Waals surface area (Å²) in [4.78, 5) is 0. The molecule has 2 rings (SSSR count). The highest BCUT2D eigenvalue weighted by molar-refractivity contribution is 7.78. The van der Waals surface area contributed by atoms with Gasteiger partial charge in [-0.25, -0.2) is 0 Å². The van der Waals surface area contributed by atoms with Crippen molar-refractivity contribution in [1.82, 2.24) is 3.97 Å². The molecule has 0 atom stereocenters. The van der Waals surface area contributed by atoms with Crippen LogP contribution in [0, 0.1) is 6.92 Å². The van der Waals surface area contributed by atoms with Gasteiger partial charge in [-0.05, 0) is 24.6 Å². The first-order chi connectivity index (χ1) is 5.29. The molecule has 0 N–H and O–H groups in total. The van der Waals surface area contributed by atoms with Crippen LogP contribution in [-0.4, -0.2) is 3.97 Å². The molecule has 0 radical (unpaired) electrons. The third-order valence-corrected chi connectivity index (χ3v) is 2.28. The van der Waals surface area contributed by atoms with Crippen LogP contribution in [0.1, 0.15) is 5.56 Å². The summed E-state index contributed by atoms with van der Waals surface area (Å²) in [5.41, 5.74) is 2.48. The zero-order chi connectivity index (χ0) is 7.84. The molecule has 1 heterocycles. The van der Waals surface area contributed by atoms with Crippen molar-refractivity contribution in [2.45, 2.75) is 6.92 Å².